The van der Waals surface area contributed by atoms with Crippen molar-refractivity contribution in [2.24, 2.45) is 0 Å². The molecule has 0 aliphatic rings. The number of nitrogens with one attached hydrogen (secondary N) is 1. The fraction of sp³-hybridized carbons (Fsp3) is 0.600. The fourth-order valence-electron chi connectivity index (χ4n) is 2.10. The zero-order valence-corrected chi connectivity index (χ0v) is 11.9. The molecule has 0 amide bonds. The molecular weight excluding hydrogens is 224 g/mol. The lowest BCUT2D eigenvalue weighted by Gasteiger charge is -2.24. The van der Waals surface area contributed by atoms with Gasteiger partial charge in [0.2, 0.25) is 0 Å². The maximum absolute atomic E-state index is 5.23. The second-order valence-corrected chi connectivity index (χ2v) is 4.71. The van der Waals surface area contributed by atoms with Crippen molar-refractivity contribution in [1.82, 2.24) is 10.2 Å². The van der Waals surface area contributed by atoms with Crippen molar-refractivity contribution in [3.8, 4) is 0 Å². The Labute approximate surface area is 111 Å². The van der Waals surface area contributed by atoms with E-state index in [4.69, 9.17) is 4.74 Å². The average Bonchev–Trinajstić information content (AvgIpc) is 2.38. The first kappa shape index (κ1) is 15.2. The number of likely N-dealkylation sites (N-methyl/N-ethyl adjacent to an activating group) is 2. The standard InChI is InChI=1S/C15H26N2O/c1-4-16-15(13-18-3)12-17(2)11-10-14-8-6-5-7-9-14/h5-9,15-16H,4,10-13H2,1-3H3. The SMILES string of the molecule is CCNC(COC)CN(C)CCc1ccccc1. The van der Waals surface area contributed by atoms with Crippen molar-refractivity contribution < 1.29 is 4.74 Å². The minimum Gasteiger partial charge on any atom is -0.383 e. The van der Waals surface area contributed by atoms with Crippen molar-refractivity contribution in [2.75, 3.05) is 40.4 Å². The normalized spacial score (nSPS) is 12.9. The maximum Gasteiger partial charge on any atom is 0.0628 e. The van der Waals surface area contributed by atoms with Crippen LogP contribution in [0.5, 0.6) is 0 Å². The van der Waals surface area contributed by atoms with Crippen LogP contribution in [0.4, 0.5) is 0 Å². The molecule has 0 aromatic heterocycles. The van der Waals surface area contributed by atoms with Crippen LogP contribution < -0.4 is 5.32 Å². The van der Waals surface area contributed by atoms with E-state index in [1.807, 2.05) is 0 Å². The van der Waals surface area contributed by atoms with Crippen LogP contribution >= 0.6 is 0 Å². The summed E-state index contributed by atoms with van der Waals surface area (Å²) in [5.41, 5.74) is 1.40. The molecule has 102 valence electrons. The average molecular weight is 250 g/mol. The Bertz CT molecular complexity index is 297. The predicted molar refractivity (Wildman–Crippen MR) is 77.0 cm³/mol. The molecule has 1 aromatic carbocycles. The molecule has 3 heteroatoms. The number of rotatable bonds is 9. The molecule has 1 aromatic rings. The Morgan fingerprint density at radius 1 is 1.28 bits per heavy atom. The van der Waals surface area contributed by atoms with Crippen LogP contribution in [-0.4, -0.2) is 51.3 Å². The lowest BCUT2D eigenvalue weighted by Crippen LogP contribution is -2.43. The fourth-order valence-corrected chi connectivity index (χ4v) is 2.10. The lowest BCUT2D eigenvalue weighted by atomic mass is 10.1. The van der Waals surface area contributed by atoms with Crippen LogP contribution in [0.25, 0.3) is 0 Å². The molecule has 0 aliphatic heterocycles. The number of methoxy groups -OCH3 is 1. The second-order valence-electron chi connectivity index (χ2n) is 4.71. The number of hydrogen-bond acceptors (Lipinski definition) is 3. The molecule has 3 nitrogen and oxygen atoms in total. The minimum atomic E-state index is 0.417. The topological polar surface area (TPSA) is 24.5 Å². The third kappa shape index (κ3) is 6.15. The summed E-state index contributed by atoms with van der Waals surface area (Å²) >= 11 is 0. The van der Waals surface area contributed by atoms with E-state index in [0.717, 1.165) is 32.7 Å². The molecule has 0 saturated heterocycles. The van der Waals surface area contributed by atoms with Gasteiger partial charge in [-0.15, -0.1) is 0 Å². The Balaban J connectivity index is 2.29. The molecule has 0 spiro atoms. The van der Waals surface area contributed by atoms with E-state index < -0.39 is 0 Å². The maximum atomic E-state index is 5.23. The third-order valence-electron chi connectivity index (χ3n) is 3.02. The number of ether oxygens (including phenoxy) is 1. The molecule has 18 heavy (non-hydrogen) atoms. The molecular formula is C15H26N2O. The van der Waals surface area contributed by atoms with Crippen LogP contribution in [0.1, 0.15) is 12.5 Å². The molecule has 0 heterocycles. The van der Waals surface area contributed by atoms with E-state index in [1.54, 1.807) is 7.11 Å². The summed E-state index contributed by atoms with van der Waals surface area (Å²) in [6.07, 6.45) is 1.10. The van der Waals surface area contributed by atoms with Gasteiger partial charge in [0.1, 0.15) is 0 Å². The third-order valence-corrected chi connectivity index (χ3v) is 3.02. The van der Waals surface area contributed by atoms with Crippen molar-refractivity contribution in [3.05, 3.63) is 35.9 Å². The van der Waals surface area contributed by atoms with Crippen molar-refractivity contribution in [2.45, 2.75) is 19.4 Å². The lowest BCUT2D eigenvalue weighted by molar-refractivity contribution is 0.147. The zero-order valence-electron chi connectivity index (χ0n) is 11.9. The highest BCUT2D eigenvalue weighted by Crippen LogP contribution is 2.01. The van der Waals surface area contributed by atoms with Gasteiger partial charge in [-0.25, -0.2) is 0 Å². The van der Waals surface area contributed by atoms with Gasteiger partial charge in [-0.2, -0.15) is 0 Å². The smallest absolute Gasteiger partial charge is 0.0628 e. The quantitative estimate of drug-likeness (QED) is 0.723. The zero-order chi connectivity index (χ0) is 13.2. The number of nitrogens with zero attached hydrogens (tertiary/aromatic N) is 1. The van der Waals surface area contributed by atoms with E-state index in [9.17, 15) is 0 Å². The molecule has 1 unspecified atom stereocenters. The highest BCUT2D eigenvalue weighted by molar-refractivity contribution is 5.14. The van der Waals surface area contributed by atoms with Crippen LogP contribution in [0, 0.1) is 0 Å². The molecule has 0 fully saturated rings. The molecule has 0 bridgehead atoms. The largest absolute Gasteiger partial charge is 0.383 e. The summed E-state index contributed by atoms with van der Waals surface area (Å²) in [7, 11) is 3.93. The summed E-state index contributed by atoms with van der Waals surface area (Å²) in [6.45, 7) is 5.99. The molecule has 0 radical (unpaired) electrons. The van der Waals surface area contributed by atoms with Gasteiger partial charge in [-0.3, -0.25) is 0 Å². The van der Waals surface area contributed by atoms with Gasteiger partial charge in [0.05, 0.1) is 6.61 Å². The van der Waals surface area contributed by atoms with E-state index in [-0.39, 0.29) is 0 Å². The Morgan fingerprint density at radius 3 is 2.61 bits per heavy atom. The molecule has 0 saturated carbocycles. The second kappa shape index (κ2) is 9.09. The highest BCUT2D eigenvalue weighted by Gasteiger charge is 2.09. The van der Waals surface area contributed by atoms with E-state index in [0.29, 0.717) is 6.04 Å². The van der Waals surface area contributed by atoms with Gasteiger partial charge in [0.15, 0.2) is 0 Å². The van der Waals surface area contributed by atoms with Gasteiger partial charge in [-0.05, 0) is 25.6 Å². The number of benzene rings is 1. The monoisotopic (exact) mass is 250 g/mol. The van der Waals surface area contributed by atoms with Crippen molar-refractivity contribution >= 4 is 0 Å². The molecule has 1 rings (SSSR count). The molecule has 0 aliphatic carbocycles. The number of hydrogen-bond donors (Lipinski definition) is 1. The predicted octanol–water partition coefficient (Wildman–Crippen LogP) is 1.79. The van der Waals surface area contributed by atoms with E-state index in [2.05, 4.69) is 54.5 Å². The highest BCUT2D eigenvalue weighted by atomic mass is 16.5. The van der Waals surface area contributed by atoms with E-state index >= 15 is 0 Å². The van der Waals surface area contributed by atoms with Gasteiger partial charge in [0, 0.05) is 26.2 Å². The van der Waals surface area contributed by atoms with Crippen LogP contribution in [-0.2, 0) is 11.2 Å². The first-order chi connectivity index (χ1) is 8.76. The van der Waals surface area contributed by atoms with Gasteiger partial charge < -0.3 is 15.0 Å². The summed E-state index contributed by atoms with van der Waals surface area (Å²) in [5.74, 6) is 0. The van der Waals surface area contributed by atoms with Crippen LogP contribution in [0.3, 0.4) is 0 Å². The summed E-state index contributed by atoms with van der Waals surface area (Å²) in [5, 5.41) is 3.45. The van der Waals surface area contributed by atoms with E-state index in [1.165, 1.54) is 5.56 Å². The summed E-state index contributed by atoms with van der Waals surface area (Å²) < 4.78 is 5.23. The molecule has 1 N–H and O–H groups in total. The Morgan fingerprint density at radius 2 is 2.00 bits per heavy atom. The Kier molecular flexibility index (Phi) is 7.65. The van der Waals surface area contributed by atoms with Crippen molar-refractivity contribution in [3.63, 3.8) is 0 Å². The van der Waals surface area contributed by atoms with Crippen molar-refractivity contribution in [1.29, 1.82) is 0 Å². The van der Waals surface area contributed by atoms with Gasteiger partial charge >= 0.3 is 0 Å². The summed E-state index contributed by atoms with van der Waals surface area (Å²) in [4.78, 5) is 2.36. The molecule has 1 atom stereocenters. The van der Waals surface area contributed by atoms with Gasteiger partial charge in [0.25, 0.3) is 0 Å². The van der Waals surface area contributed by atoms with Gasteiger partial charge in [-0.1, -0.05) is 37.3 Å². The summed E-state index contributed by atoms with van der Waals surface area (Å²) in [6, 6.07) is 11.0. The van der Waals surface area contributed by atoms with Crippen LogP contribution in [0.15, 0.2) is 30.3 Å². The van der Waals surface area contributed by atoms with Crippen LogP contribution in [0.2, 0.25) is 0 Å². The minimum absolute atomic E-state index is 0.417. The first-order valence-corrected chi connectivity index (χ1v) is 6.71. The Hall–Kier alpha value is -0.900. The first-order valence-electron chi connectivity index (χ1n) is 6.71.